The molecule has 2 saturated heterocycles. The SMILES string of the molecule is C=C1[C@@H]2CC[C@@]3(C)[C@H](c4ccoc4)OC(=O)C[C@]13O[C@H]1[C@@H](OC(C)=O)[C@@H](O)C(C)(C)[C@H](CC(=O)OC)[C@@]21C. The number of methoxy groups -OCH3 is 1. The number of furan rings is 1. The molecule has 3 heterocycles. The molecule has 2 saturated carbocycles. The summed E-state index contributed by atoms with van der Waals surface area (Å²) in [5.41, 5.74) is -1.91. The molecule has 2 aliphatic heterocycles. The molecule has 5 rings (SSSR count). The van der Waals surface area contributed by atoms with Crippen LogP contribution in [0.1, 0.15) is 72.0 Å². The molecule has 9 atom stereocenters. The van der Waals surface area contributed by atoms with Gasteiger partial charge in [0, 0.05) is 29.7 Å². The minimum atomic E-state index is -1.13. The van der Waals surface area contributed by atoms with Crippen LogP contribution in [0.15, 0.2) is 35.2 Å². The van der Waals surface area contributed by atoms with Crippen molar-refractivity contribution < 1.29 is 42.9 Å². The molecule has 0 radical (unpaired) electrons. The molecule has 1 aromatic rings. The lowest BCUT2D eigenvalue weighted by Gasteiger charge is -2.71. The highest BCUT2D eigenvalue weighted by Gasteiger charge is 2.75. The monoisotopic (exact) mass is 530 g/mol. The van der Waals surface area contributed by atoms with Crippen LogP contribution in [-0.2, 0) is 33.3 Å². The Kier molecular flexibility index (Phi) is 6.15. The van der Waals surface area contributed by atoms with Crippen LogP contribution in [-0.4, -0.2) is 54.0 Å². The summed E-state index contributed by atoms with van der Waals surface area (Å²) < 4.78 is 29.2. The summed E-state index contributed by atoms with van der Waals surface area (Å²) in [6, 6.07) is 1.78. The molecule has 2 aliphatic carbocycles. The van der Waals surface area contributed by atoms with E-state index >= 15 is 0 Å². The normalized spacial score (nSPS) is 43.3. The lowest BCUT2D eigenvalue weighted by Crippen LogP contribution is -2.76. The molecular formula is C29H38O9. The molecule has 208 valence electrons. The number of fused-ring (bicyclic) bond motifs is 3. The number of carbonyl (C=O) groups excluding carboxylic acids is 3. The topological polar surface area (TPSA) is 122 Å². The summed E-state index contributed by atoms with van der Waals surface area (Å²) in [5.74, 6) is -1.93. The van der Waals surface area contributed by atoms with Crippen molar-refractivity contribution in [1.29, 1.82) is 0 Å². The first-order chi connectivity index (χ1) is 17.7. The molecule has 0 unspecified atom stereocenters. The van der Waals surface area contributed by atoms with Gasteiger partial charge in [-0.1, -0.05) is 34.3 Å². The van der Waals surface area contributed by atoms with Crippen molar-refractivity contribution in [1.82, 2.24) is 0 Å². The van der Waals surface area contributed by atoms with Crippen LogP contribution in [0.4, 0.5) is 0 Å². The largest absolute Gasteiger partial charge is 0.472 e. The molecular weight excluding hydrogens is 492 g/mol. The molecule has 0 amide bonds. The third-order valence-electron chi connectivity index (χ3n) is 10.5. The van der Waals surface area contributed by atoms with E-state index in [1.807, 2.05) is 27.7 Å². The first-order valence-electron chi connectivity index (χ1n) is 13.2. The zero-order chi connectivity index (χ0) is 27.8. The number of ether oxygens (including phenoxy) is 4. The summed E-state index contributed by atoms with van der Waals surface area (Å²) >= 11 is 0. The number of rotatable bonds is 4. The van der Waals surface area contributed by atoms with Gasteiger partial charge in [-0.2, -0.15) is 0 Å². The van der Waals surface area contributed by atoms with E-state index in [1.165, 1.54) is 14.0 Å². The Morgan fingerprint density at radius 3 is 2.55 bits per heavy atom. The highest BCUT2D eigenvalue weighted by atomic mass is 16.6. The van der Waals surface area contributed by atoms with Crippen molar-refractivity contribution in [3.05, 3.63) is 36.3 Å². The first-order valence-corrected chi connectivity index (χ1v) is 13.2. The van der Waals surface area contributed by atoms with E-state index in [1.54, 1.807) is 18.6 Å². The molecule has 2 bridgehead atoms. The Morgan fingerprint density at radius 2 is 1.95 bits per heavy atom. The molecule has 4 fully saturated rings. The minimum Gasteiger partial charge on any atom is -0.472 e. The van der Waals surface area contributed by atoms with Crippen molar-refractivity contribution in [3.8, 4) is 0 Å². The van der Waals surface area contributed by atoms with Crippen molar-refractivity contribution in [3.63, 3.8) is 0 Å². The van der Waals surface area contributed by atoms with Gasteiger partial charge < -0.3 is 28.5 Å². The van der Waals surface area contributed by atoms with Gasteiger partial charge in [0.25, 0.3) is 0 Å². The molecule has 38 heavy (non-hydrogen) atoms. The van der Waals surface area contributed by atoms with Crippen LogP contribution in [0, 0.1) is 28.1 Å². The van der Waals surface area contributed by atoms with Crippen molar-refractivity contribution >= 4 is 17.9 Å². The summed E-state index contributed by atoms with van der Waals surface area (Å²) in [6.07, 6.45) is 0.888. The van der Waals surface area contributed by atoms with E-state index in [4.69, 9.17) is 23.4 Å². The van der Waals surface area contributed by atoms with Crippen LogP contribution in [0.25, 0.3) is 0 Å². The third kappa shape index (κ3) is 3.40. The minimum absolute atomic E-state index is 0.0479. The van der Waals surface area contributed by atoms with E-state index < -0.39 is 70.1 Å². The zero-order valence-corrected chi connectivity index (χ0v) is 22.9. The van der Waals surface area contributed by atoms with Gasteiger partial charge in [0.15, 0.2) is 6.10 Å². The van der Waals surface area contributed by atoms with Crippen LogP contribution >= 0.6 is 0 Å². The van der Waals surface area contributed by atoms with Gasteiger partial charge >= 0.3 is 17.9 Å². The van der Waals surface area contributed by atoms with Gasteiger partial charge in [-0.15, -0.1) is 0 Å². The van der Waals surface area contributed by atoms with E-state index in [0.717, 1.165) is 11.1 Å². The van der Waals surface area contributed by atoms with E-state index in [2.05, 4.69) is 6.58 Å². The second-order valence-corrected chi connectivity index (χ2v) is 12.5. The maximum atomic E-state index is 13.2. The summed E-state index contributed by atoms with van der Waals surface area (Å²) in [5, 5.41) is 11.7. The van der Waals surface area contributed by atoms with E-state index in [-0.39, 0.29) is 18.8 Å². The summed E-state index contributed by atoms with van der Waals surface area (Å²) in [4.78, 5) is 38.1. The smallest absolute Gasteiger partial charge is 0.309 e. The van der Waals surface area contributed by atoms with Crippen LogP contribution in [0.2, 0.25) is 0 Å². The lowest BCUT2D eigenvalue weighted by molar-refractivity contribution is -0.339. The molecule has 1 N–H and O–H groups in total. The fraction of sp³-hybridized carbons (Fsp3) is 0.690. The summed E-state index contributed by atoms with van der Waals surface area (Å²) in [7, 11) is 1.34. The predicted octanol–water partition coefficient (Wildman–Crippen LogP) is 3.90. The van der Waals surface area contributed by atoms with Gasteiger partial charge in [0.2, 0.25) is 0 Å². The van der Waals surface area contributed by atoms with Crippen LogP contribution in [0.5, 0.6) is 0 Å². The Bertz CT molecular complexity index is 1150. The van der Waals surface area contributed by atoms with Crippen molar-refractivity contribution in [2.45, 2.75) is 90.3 Å². The van der Waals surface area contributed by atoms with Gasteiger partial charge in [0.1, 0.15) is 17.8 Å². The number of esters is 3. The molecule has 9 heteroatoms. The number of carbonyl (C=O) groups is 3. The van der Waals surface area contributed by atoms with E-state index in [9.17, 15) is 19.5 Å². The lowest BCUT2D eigenvalue weighted by atomic mass is 9.41. The van der Waals surface area contributed by atoms with Gasteiger partial charge in [-0.05, 0) is 41.7 Å². The van der Waals surface area contributed by atoms with Gasteiger partial charge in [0.05, 0.1) is 32.2 Å². The average Bonchev–Trinajstić information content (AvgIpc) is 3.38. The maximum absolute atomic E-state index is 13.2. The first kappa shape index (κ1) is 26.9. The van der Waals surface area contributed by atoms with Crippen LogP contribution in [0.3, 0.4) is 0 Å². The Labute approximate surface area is 222 Å². The fourth-order valence-electron chi connectivity index (χ4n) is 8.48. The molecule has 0 aromatic carbocycles. The standard InChI is InChI=1S/C29H38O9/c1-15-18-8-10-27(5)24(17-9-11-35-14-17)37-21(32)13-29(15,27)38-25-22(36-16(2)30)23(33)26(3,4)19(28(18,25)6)12-20(31)34-7/h9,11,14,18-19,22-25,33H,1,8,10,12-13H2,2-7H3/t18-,19-,22-,23+,24-,25-,27-,28+,29-/m0/s1. The fourth-order valence-corrected chi connectivity index (χ4v) is 8.48. The Morgan fingerprint density at radius 1 is 1.24 bits per heavy atom. The number of hydrogen-bond acceptors (Lipinski definition) is 9. The Hall–Kier alpha value is -2.65. The van der Waals surface area contributed by atoms with Gasteiger partial charge in [-0.3, -0.25) is 14.4 Å². The summed E-state index contributed by atoms with van der Waals surface area (Å²) in [6.45, 7) is 13.7. The average molecular weight is 531 g/mol. The number of cyclic esters (lactones) is 1. The number of aliphatic hydroxyl groups is 1. The number of aliphatic hydroxyl groups excluding tert-OH is 1. The third-order valence-corrected chi connectivity index (χ3v) is 10.5. The quantitative estimate of drug-likeness (QED) is 0.351. The van der Waals surface area contributed by atoms with Gasteiger partial charge in [-0.25, -0.2) is 0 Å². The second-order valence-electron chi connectivity index (χ2n) is 12.5. The van der Waals surface area contributed by atoms with Crippen molar-refractivity contribution in [2.24, 2.45) is 28.1 Å². The second kappa shape index (κ2) is 8.68. The highest BCUT2D eigenvalue weighted by molar-refractivity contribution is 5.74. The highest BCUT2D eigenvalue weighted by Crippen LogP contribution is 2.72. The molecule has 1 aromatic heterocycles. The molecule has 4 aliphatic rings. The van der Waals surface area contributed by atoms with Crippen molar-refractivity contribution in [2.75, 3.05) is 7.11 Å². The Balaban J connectivity index is 1.69. The van der Waals surface area contributed by atoms with Crippen LogP contribution < -0.4 is 0 Å². The van der Waals surface area contributed by atoms with E-state index in [0.29, 0.717) is 12.8 Å². The maximum Gasteiger partial charge on any atom is 0.309 e. The predicted molar refractivity (Wildman–Crippen MR) is 133 cm³/mol. The molecule has 1 spiro atoms. The number of hydrogen-bond donors (Lipinski definition) is 1. The molecule has 9 nitrogen and oxygen atoms in total. The zero-order valence-electron chi connectivity index (χ0n) is 22.9.